The molecule has 14 heavy (non-hydrogen) atoms. The van der Waals surface area contributed by atoms with E-state index in [0.717, 1.165) is 16.5 Å². The van der Waals surface area contributed by atoms with Crippen molar-refractivity contribution in [2.24, 2.45) is 0 Å². The summed E-state index contributed by atoms with van der Waals surface area (Å²) in [6, 6.07) is 4.86. The highest BCUT2D eigenvalue weighted by Gasteiger charge is 2.17. The lowest BCUT2D eigenvalue weighted by molar-refractivity contribution is 0.223. The van der Waals surface area contributed by atoms with E-state index >= 15 is 0 Å². The Kier molecular flexibility index (Phi) is 2.70. The highest BCUT2D eigenvalue weighted by molar-refractivity contribution is 9.10. The van der Waals surface area contributed by atoms with Gasteiger partial charge < -0.3 is 5.11 Å². The molecule has 1 nitrogen and oxygen atoms in total. The first kappa shape index (κ1) is 9.87. The predicted molar refractivity (Wildman–Crippen MR) is 57.3 cm³/mol. The molecular formula is C11H10BrFO. The topological polar surface area (TPSA) is 20.2 Å². The second-order valence-corrected chi connectivity index (χ2v) is 4.34. The molecule has 0 radical (unpaired) electrons. The first-order chi connectivity index (χ1) is 6.66. The second kappa shape index (κ2) is 3.83. The number of rotatable bonds is 1. The lowest BCUT2D eigenvalue weighted by atomic mass is 10.1. The highest BCUT2D eigenvalue weighted by atomic mass is 79.9. The van der Waals surface area contributed by atoms with Gasteiger partial charge in [-0.15, -0.1) is 0 Å². The standard InChI is InChI=1S/C11H10BrFO/c12-8-2-4-11(13)10(6-8)7-1-3-9(14)5-7/h2,4-6,9,14H,1,3H2. The normalized spacial score (nSPS) is 21.1. The molecule has 1 aliphatic rings. The molecule has 1 aliphatic carbocycles. The lowest BCUT2D eigenvalue weighted by Crippen LogP contribution is -1.93. The van der Waals surface area contributed by atoms with Gasteiger partial charge in [0.05, 0.1) is 6.10 Å². The van der Waals surface area contributed by atoms with Crippen LogP contribution in [-0.4, -0.2) is 11.2 Å². The molecule has 74 valence electrons. The van der Waals surface area contributed by atoms with Crippen LogP contribution in [0.15, 0.2) is 28.7 Å². The molecule has 0 spiro atoms. The van der Waals surface area contributed by atoms with E-state index in [4.69, 9.17) is 0 Å². The summed E-state index contributed by atoms with van der Waals surface area (Å²) in [6.07, 6.45) is 2.75. The number of halogens is 2. The van der Waals surface area contributed by atoms with Crippen LogP contribution in [0, 0.1) is 5.82 Å². The van der Waals surface area contributed by atoms with Crippen molar-refractivity contribution in [2.75, 3.05) is 0 Å². The van der Waals surface area contributed by atoms with E-state index in [0.29, 0.717) is 12.0 Å². The predicted octanol–water partition coefficient (Wildman–Crippen LogP) is 3.13. The fourth-order valence-electron chi connectivity index (χ4n) is 1.67. The third kappa shape index (κ3) is 1.88. The van der Waals surface area contributed by atoms with Gasteiger partial charge in [-0.2, -0.15) is 0 Å². The van der Waals surface area contributed by atoms with Gasteiger partial charge in [0.1, 0.15) is 5.82 Å². The molecule has 1 aromatic carbocycles. The summed E-state index contributed by atoms with van der Waals surface area (Å²) < 4.78 is 14.3. The molecule has 1 aromatic rings. The third-order valence-corrected chi connectivity index (χ3v) is 2.87. The number of allylic oxidation sites excluding steroid dienone is 1. The van der Waals surface area contributed by atoms with E-state index in [1.54, 1.807) is 18.2 Å². The van der Waals surface area contributed by atoms with Gasteiger partial charge >= 0.3 is 0 Å². The zero-order valence-electron chi connectivity index (χ0n) is 7.50. The molecular weight excluding hydrogens is 247 g/mol. The molecule has 0 amide bonds. The number of benzene rings is 1. The Morgan fingerprint density at radius 3 is 2.86 bits per heavy atom. The Balaban J connectivity index is 2.41. The number of hydrogen-bond acceptors (Lipinski definition) is 1. The number of aliphatic hydroxyl groups excluding tert-OH is 1. The van der Waals surface area contributed by atoms with Gasteiger partial charge in [-0.05, 0) is 36.6 Å². The van der Waals surface area contributed by atoms with Crippen LogP contribution in [0.4, 0.5) is 4.39 Å². The van der Waals surface area contributed by atoms with Crippen molar-refractivity contribution in [2.45, 2.75) is 18.9 Å². The highest BCUT2D eigenvalue weighted by Crippen LogP contribution is 2.31. The Labute approximate surface area is 90.4 Å². The number of aliphatic hydroxyl groups is 1. The minimum Gasteiger partial charge on any atom is -0.389 e. The quantitative estimate of drug-likeness (QED) is 0.819. The van der Waals surface area contributed by atoms with E-state index in [9.17, 15) is 9.50 Å². The van der Waals surface area contributed by atoms with E-state index in [1.165, 1.54) is 6.07 Å². The van der Waals surface area contributed by atoms with Crippen LogP contribution in [0.1, 0.15) is 18.4 Å². The average molecular weight is 257 g/mol. The molecule has 0 saturated carbocycles. The molecule has 0 fully saturated rings. The first-order valence-electron chi connectivity index (χ1n) is 4.51. The van der Waals surface area contributed by atoms with E-state index < -0.39 is 6.10 Å². The van der Waals surface area contributed by atoms with Gasteiger partial charge in [0.15, 0.2) is 0 Å². The molecule has 1 N–H and O–H groups in total. The zero-order valence-corrected chi connectivity index (χ0v) is 9.09. The molecule has 0 aliphatic heterocycles. The Hall–Kier alpha value is -0.670. The van der Waals surface area contributed by atoms with Gasteiger partial charge in [-0.25, -0.2) is 4.39 Å². The largest absolute Gasteiger partial charge is 0.389 e. The van der Waals surface area contributed by atoms with Gasteiger partial charge in [-0.1, -0.05) is 22.0 Å². The lowest BCUT2D eigenvalue weighted by Gasteiger charge is -2.03. The average Bonchev–Trinajstić information content (AvgIpc) is 2.56. The molecule has 0 heterocycles. The minimum atomic E-state index is -0.414. The van der Waals surface area contributed by atoms with Crippen LogP contribution in [0.3, 0.4) is 0 Å². The van der Waals surface area contributed by atoms with Crippen molar-refractivity contribution in [1.29, 1.82) is 0 Å². The van der Waals surface area contributed by atoms with Crippen LogP contribution < -0.4 is 0 Å². The van der Waals surface area contributed by atoms with Gasteiger partial charge in [-0.3, -0.25) is 0 Å². The Morgan fingerprint density at radius 1 is 1.43 bits per heavy atom. The van der Waals surface area contributed by atoms with Crippen molar-refractivity contribution >= 4 is 21.5 Å². The molecule has 0 bridgehead atoms. The van der Waals surface area contributed by atoms with Crippen molar-refractivity contribution in [3.8, 4) is 0 Å². The summed E-state index contributed by atoms with van der Waals surface area (Å²) >= 11 is 3.30. The summed E-state index contributed by atoms with van der Waals surface area (Å²) in [5, 5.41) is 9.31. The third-order valence-electron chi connectivity index (χ3n) is 2.38. The van der Waals surface area contributed by atoms with Crippen molar-refractivity contribution in [3.05, 3.63) is 40.1 Å². The minimum absolute atomic E-state index is 0.228. The molecule has 0 saturated heterocycles. The van der Waals surface area contributed by atoms with Crippen LogP contribution in [0.2, 0.25) is 0 Å². The van der Waals surface area contributed by atoms with Crippen molar-refractivity contribution < 1.29 is 9.50 Å². The zero-order chi connectivity index (χ0) is 10.1. The smallest absolute Gasteiger partial charge is 0.130 e. The first-order valence-corrected chi connectivity index (χ1v) is 5.30. The van der Waals surface area contributed by atoms with Crippen LogP contribution in [0.25, 0.3) is 5.57 Å². The van der Waals surface area contributed by atoms with Gasteiger partial charge in [0.25, 0.3) is 0 Å². The SMILES string of the molecule is OC1C=C(c2cc(Br)ccc2F)CC1. The van der Waals surface area contributed by atoms with E-state index in [1.807, 2.05) is 0 Å². The Bertz CT molecular complexity index is 387. The van der Waals surface area contributed by atoms with Crippen molar-refractivity contribution in [3.63, 3.8) is 0 Å². The Morgan fingerprint density at radius 2 is 2.21 bits per heavy atom. The van der Waals surface area contributed by atoms with Crippen LogP contribution in [0.5, 0.6) is 0 Å². The summed E-state index contributed by atoms with van der Waals surface area (Å²) in [7, 11) is 0. The fraction of sp³-hybridized carbons (Fsp3) is 0.273. The fourth-order valence-corrected chi connectivity index (χ4v) is 2.03. The van der Waals surface area contributed by atoms with Gasteiger partial charge in [0.2, 0.25) is 0 Å². The summed E-state index contributed by atoms with van der Waals surface area (Å²) in [5.41, 5.74) is 1.49. The molecule has 0 aromatic heterocycles. The maximum Gasteiger partial charge on any atom is 0.130 e. The summed E-state index contributed by atoms with van der Waals surface area (Å²) in [6.45, 7) is 0. The summed E-state index contributed by atoms with van der Waals surface area (Å²) in [5.74, 6) is -0.228. The number of hydrogen-bond donors (Lipinski definition) is 1. The van der Waals surface area contributed by atoms with Crippen molar-refractivity contribution in [1.82, 2.24) is 0 Å². The monoisotopic (exact) mass is 256 g/mol. The molecule has 2 rings (SSSR count). The maximum absolute atomic E-state index is 13.4. The molecule has 1 unspecified atom stereocenters. The van der Waals surface area contributed by atoms with Gasteiger partial charge in [0, 0.05) is 10.0 Å². The summed E-state index contributed by atoms with van der Waals surface area (Å²) in [4.78, 5) is 0. The van der Waals surface area contributed by atoms with E-state index in [2.05, 4.69) is 15.9 Å². The molecule has 3 heteroatoms. The van der Waals surface area contributed by atoms with Crippen LogP contribution >= 0.6 is 15.9 Å². The van der Waals surface area contributed by atoms with Crippen LogP contribution in [-0.2, 0) is 0 Å². The molecule has 1 atom stereocenters. The second-order valence-electron chi connectivity index (χ2n) is 3.42. The maximum atomic E-state index is 13.4. The van der Waals surface area contributed by atoms with E-state index in [-0.39, 0.29) is 5.82 Å².